The summed E-state index contributed by atoms with van der Waals surface area (Å²) in [6, 6.07) is 0. The molecule has 0 saturated heterocycles. The van der Waals surface area contributed by atoms with E-state index in [9.17, 15) is 14.7 Å². The van der Waals surface area contributed by atoms with Crippen molar-refractivity contribution in [1.82, 2.24) is 0 Å². The Bertz CT molecular complexity index is 351. The largest absolute Gasteiger partial charge is 0.511 e. The SMILES string of the molecule is COC(=O)C1=C(O)CCCC=C1C(=O)O. The highest BCUT2D eigenvalue weighted by molar-refractivity contribution is 6.06. The Hall–Kier alpha value is -1.78. The maximum absolute atomic E-state index is 11.3. The van der Waals surface area contributed by atoms with Crippen molar-refractivity contribution in [1.29, 1.82) is 0 Å². The number of methoxy groups -OCH3 is 1. The highest BCUT2D eigenvalue weighted by Gasteiger charge is 2.26. The van der Waals surface area contributed by atoms with E-state index in [0.29, 0.717) is 12.8 Å². The van der Waals surface area contributed by atoms with Gasteiger partial charge in [0.2, 0.25) is 0 Å². The zero-order valence-electron chi connectivity index (χ0n) is 8.32. The van der Waals surface area contributed by atoms with Gasteiger partial charge < -0.3 is 14.9 Å². The Kier molecular flexibility index (Phi) is 3.49. The molecular formula is C10H12O5. The Balaban J connectivity index is 3.20. The van der Waals surface area contributed by atoms with Crippen LogP contribution in [0.15, 0.2) is 23.0 Å². The van der Waals surface area contributed by atoms with Crippen LogP contribution < -0.4 is 0 Å². The van der Waals surface area contributed by atoms with E-state index >= 15 is 0 Å². The second kappa shape index (κ2) is 4.63. The minimum absolute atomic E-state index is 0.183. The summed E-state index contributed by atoms with van der Waals surface area (Å²) in [7, 11) is 1.15. The number of carbonyl (C=O) groups excluding carboxylic acids is 1. The van der Waals surface area contributed by atoms with E-state index in [-0.39, 0.29) is 23.3 Å². The smallest absolute Gasteiger partial charge is 0.342 e. The zero-order chi connectivity index (χ0) is 11.4. The molecule has 5 heteroatoms. The maximum atomic E-state index is 11.3. The van der Waals surface area contributed by atoms with Gasteiger partial charge in [0.1, 0.15) is 11.3 Å². The Morgan fingerprint density at radius 2 is 2.13 bits per heavy atom. The number of rotatable bonds is 2. The molecule has 0 aromatic carbocycles. The molecule has 0 aromatic rings. The van der Waals surface area contributed by atoms with Crippen molar-refractivity contribution in [3.63, 3.8) is 0 Å². The van der Waals surface area contributed by atoms with Crippen LogP contribution in [0, 0.1) is 0 Å². The van der Waals surface area contributed by atoms with Gasteiger partial charge in [-0.3, -0.25) is 0 Å². The van der Waals surface area contributed by atoms with Gasteiger partial charge in [0.15, 0.2) is 0 Å². The van der Waals surface area contributed by atoms with Gasteiger partial charge in [0.05, 0.1) is 12.7 Å². The van der Waals surface area contributed by atoms with E-state index in [2.05, 4.69) is 4.74 Å². The lowest BCUT2D eigenvalue weighted by atomic mass is 10.1. The molecule has 15 heavy (non-hydrogen) atoms. The van der Waals surface area contributed by atoms with Gasteiger partial charge in [-0.05, 0) is 12.8 Å². The van der Waals surface area contributed by atoms with Crippen molar-refractivity contribution in [2.45, 2.75) is 19.3 Å². The summed E-state index contributed by atoms with van der Waals surface area (Å²) in [6.07, 6.45) is 2.85. The summed E-state index contributed by atoms with van der Waals surface area (Å²) in [5, 5.41) is 18.4. The van der Waals surface area contributed by atoms with Crippen LogP contribution in [0.4, 0.5) is 0 Å². The number of ether oxygens (including phenoxy) is 1. The maximum Gasteiger partial charge on any atom is 0.342 e. The molecule has 0 fully saturated rings. The lowest BCUT2D eigenvalue weighted by Crippen LogP contribution is -2.15. The lowest BCUT2D eigenvalue weighted by molar-refractivity contribution is -0.138. The number of hydrogen-bond acceptors (Lipinski definition) is 4. The number of hydrogen-bond donors (Lipinski definition) is 2. The summed E-state index contributed by atoms with van der Waals surface area (Å²) >= 11 is 0. The topological polar surface area (TPSA) is 83.8 Å². The number of carboxylic acids is 1. The van der Waals surface area contributed by atoms with Crippen LogP contribution in [0.2, 0.25) is 0 Å². The molecule has 1 aliphatic rings. The van der Waals surface area contributed by atoms with Crippen molar-refractivity contribution in [3.8, 4) is 0 Å². The van der Waals surface area contributed by atoms with Crippen molar-refractivity contribution < 1.29 is 24.5 Å². The minimum Gasteiger partial charge on any atom is -0.511 e. The van der Waals surface area contributed by atoms with E-state index in [1.165, 1.54) is 6.08 Å². The molecule has 0 heterocycles. The molecule has 1 rings (SSSR count). The molecule has 5 nitrogen and oxygen atoms in total. The molecule has 0 spiro atoms. The Morgan fingerprint density at radius 1 is 1.47 bits per heavy atom. The van der Waals surface area contributed by atoms with E-state index in [4.69, 9.17) is 5.11 Å². The first-order chi connectivity index (χ1) is 7.07. The van der Waals surface area contributed by atoms with Crippen molar-refractivity contribution in [3.05, 3.63) is 23.0 Å². The van der Waals surface area contributed by atoms with Crippen LogP contribution in [0.25, 0.3) is 0 Å². The standard InChI is InChI=1S/C10H12O5/c1-15-10(14)8-6(9(12)13)4-2-3-5-7(8)11/h4,11H,2-3,5H2,1H3,(H,12,13). The van der Waals surface area contributed by atoms with Gasteiger partial charge in [-0.15, -0.1) is 0 Å². The predicted octanol–water partition coefficient (Wildman–Crippen LogP) is 1.17. The van der Waals surface area contributed by atoms with Gasteiger partial charge in [0.25, 0.3) is 0 Å². The normalized spacial score (nSPS) is 16.7. The van der Waals surface area contributed by atoms with E-state index in [0.717, 1.165) is 7.11 Å². The summed E-state index contributed by atoms with van der Waals surface area (Å²) in [6.45, 7) is 0. The Labute approximate surface area is 86.7 Å². The molecule has 0 radical (unpaired) electrons. The summed E-state index contributed by atoms with van der Waals surface area (Å²) < 4.78 is 4.44. The van der Waals surface area contributed by atoms with Crippen LogP contribution in [-0.4, -0.2) is 29.3 Å². The van der Waals surface area contributed by atoms with Gasteiger partial charge >= 0.3 is 11.9 Å². The Morgan fingerprint density at radius 3 is 2.67 bits per heavy atom. The van der Waals surface area contributed by atoms with Crippen molar-refractivity contribution >= 4 is 11.9 Å². The first-order valence-electron chi connectivity index (χ1n) is 4.52. The quantitative estimate of drug-likeness (QED) is 0.671. The van der Waals surface area contributed by atoms with Crippen molar-refractivity contribution in [2.75, 3.05) is 7.11 Å². The third-order valence-electron chi connectivity index (χ3n) is 2.14. The highest BCUT2D eigenvalue weighted by atomic mass is 16.5. The van der Waals surface area contributed by atoms with Crippen LogP contribution in [0.1, 0.15) is 19.3 Å². The molecule has 0 unspecified atom stereocenters. The number of aliphatic hydroxyl groups is 1. The molecule has 0 bridgehead atoms. The highest BCUT2D eigenvalue weighted by Crippen LogP contribution is 2.24. The summed E-state index contributed by atoms with van der Waals surface area (Å²) in [4.78, 5) is 22.2. The fourth-order valence-corrected chi connectivity index (χ4v) is 1.42. The van der Waals surface area contributed by atoms with E-state index in [1.807, 2.05) is 0 Å². The van der Waals surface area contributed by atoms with E-state index in [1.54, 1.807) is 0 Å². The van der Waals surface area contributed by atoms with Crippen LogP contribution in [0.5, 0.6) is 0 Å². The first-order valence-corrected chi connectivity index (χ1v) is 4.52. The molecule has 0 amide bonds. The lowest BCUT2D eigenvalue weighted by Gasteiger charge is -2.06. The molecule has 0 aromatic heterocycles. The van der Waals surface area contributed by atoms with Crippen LogP contribution in [-0.2, 0) is 14.3 Å². The molecular weight excluding hydrogens is 200 g/mol. The molecule has 2 N–H and O–H groups in total. The fourth-order valence-electron chi connectivity index (χ4n) is 1.42. The van der Waals surface area contributed by atoms with E-state index < -0.39 is 11.9 Å². The molecule has 0 atom stereocenters. The summed E-state index contributed by atoms with van der Waals surface area (Å²) in [5.41, 5.74) is -0.417. The molecule has 82 valence electrons. The van der Waals surface area contributed by atoms with Crippen LogP contribution >= 0.6 is 0 Å². The number of carbonyl (C=O) groups is 2. The summed E-state index contributed by atoms with van der Waals surface area (Å²) in [5.74, 6) is -2.26. The molecule has 0 aliphatic heterocycles. The predicted molar refractivity (Wildman–Crippen MR) is 51.2 cm³/mol. The monoisotopic (exact) mass is 212 g/mol. The molecule has 0 saturated carbocycles. The van der Waals surface area contributed by atoms with Gasteiger partial charge in [-0.25, -0.2) is 9.59 Å². The first kappa shape index (κ1) is 11.3. The average Bonchev–Trinajstić information content (AvgIpc) is 2.39. The van der Waals surface area contributed by atoms with Gasteiger partial charge in [-0.1, -0.05) is 6.08 Å². The third kappa shape index (κ3) is 2.37. The molecule has 1 aliphatic carbocycles. The minimum atomic E-state index is -1.23. The van der Waals surface area contributed by atoms with Gasteiger partial charge in [0, 0.05) is 6.42 Å². The van der Waals surface area contributed by atoms with Gasteiger partial charge in [-0.2, -0.15) is 0 Å². The second-order valence-electron chi connectivity index (χ2n) is 3.13. The average molecular weight is 212 g/mol. The number of carboxylic acid groups (broad SMARTS) is 1. The van der Waals surface area contributed by atoms with Crippen LogP contribution in [0.3, 0.4) is 0 Å². The fraction of sp³-hybridized carbons (Fsp3) is 0.400. The number of esters is 1. The van der Waals surface area contributed by atoms with Crippen molar-refractivity contribution in [2.24, 2.45) is 0 Å². The third-order valence-corrected chi connectivity index (χ3v) is 2.14. The second-order valence-corrected chi connectivity index (χ2v) is 3.13. The number of allylic oxidation sites excluding steroid dienone is 2. The number of aliphatic hydroxyl groups excluding tert-OH is 1. The zero-order valence-corrected chi connectivity index (χ0v) is 8.32. The number of aliphatic carboxylic acids is 1.